The van der Waals surface area contributed by atoms with Crippen LogP contribution in [-0.4, -0.2) is 36.8 Å². The first kappa shape index (κ1) is 19.8. The number of rotatable bonds is 4. The molecule has 0 saturated carbocycles. The third kappa shape index (κ3) is 3.96. The molecule has 0 bridgehead atoms. The first-order valence-electron chi connectivity index (χ1n) is 10.4. The summed E-state index contributed by atoms with van der Waals surface area (Å²) in [7, 11) is 1.67. The van der Waals surface area contributed by atoms with Gasteiger partial charge in [-0.3, -0.25) is 10.2 Å². The van der Waals surface area contributed by atoms with Gasteiger partial charge >= 0.3 is 0 Å². The van der Waals surface area contributed by atoms with Crippen LogP contribution in [0.2, 0.25) is 0 Å². The van der Waals surface area contributed by atoms with Gasteiger partial charge in [0.1, 0.15) is 5.75 Å². The Bertz CT molecular complexity index is 1170. The van der Waals surface area contributed by atoms with Gasteiger partial charge in [0.15, 0.2) is 0 Å². The molecule has 31 heavy (non-hydrogen) atoms. The van der Waals surface area contributed by atoms with Crippen molar-refractivity contribution in [1.82, 2.24) is 10.4 Å². The van der Waals surface area contributed by atoms with E-state index >= 15 is 0 Å². The van der Waals surface area contributed by atoms with E-state index in [0.717, 1.165) is 64.0 Å². The Morgan fingerprint density at radius 2 is 1.71 bits per heavy atom. The number of carbonyl (C=O) groups excluding carboxylic acids is 1. The molecular formula is C25H23N3O2S. The second kappa shape index (κ2) is 8.57. The first-order valence-corrected chi connectivity index (χ1v) is 11.2. The maximum atomic E-state index is 12.8. The van der Waals surface area contributed by atoms with Gasteiger partial charge in [-0.2, -0.15) is 0 Å². The predicted molar refractivity (Wildman–Crippen MR) is 124 cm³/mol. The maximum absolute atomic E-state index is 12.8. The summed E-state index contributed by atoms with van der Waals surface area (Å²) in [5, 5.41) is 1.99. The summed E-state index contributed by atoms with van der Waals surface area (Å²) >= 11 is 1.67. The molecule has 1 amide bonds. The normalized spacial score (nSPS) is 15.5. The van der Waals surface area contributed by atoms with Crippen molar-refractivity contribution in [3.8, 4) is 5.75 Å². The van der Waals surface area contributed by atoms with E-state index < -0.39 is 0 Å². The summed E-state index contributed by atoms with van der Waals surface area (Å²) in [5.74, 6) is 0.679. The summed E-state index contributed by atoms with van der Waals surface area (Å²) in [4.78, 5) is 20.0. The fourth-order valence-corrected chi connectivity index (χ4v) is 4.97. The van der Waals surface area contributed by atoms with Crippen molar-refractivity contribution < 1.29 is 9.53 Å². The van der Waals surface area contributed by atoms with Crippen molar-refractivity contribution in [2.24, 2.45) is 4.99 Å². The Morgan fingerprint density at radius 1 is 0.968 bits per heavy atom. The molecule has 5 nitrogen and oxygen atoms in total. The van der Waals surface area contributed by atoms with Crippen LogP contribution in [0.4, 0.5) is 5.69 Å². The van der Waals surface area contributed by atoms with Gasteiger partial charge in [0.25, 0.3) is 5.91 Å². The Kier molecular flexibility index (Phi) is 5.49. The van der Waals surface area contributed by atoms with Crippen molar-refractivity contribution in [3.63, 3.8) is 0 Å². The molecule has 6 heteroatoms. The molecule has 0 aliphatic carbocycles. The Morgan fingerprint density at radius 3 is 2.52 bits per heavy atom. The molecule has 0 atom stereocenters. The molecule has 1 N–H and O–H groups in total. The highest BCUT2D eigenvalue weighted by atomic mass is 32.2. The van der Waals surface area contributed by atoms with E-state index in [2.05, 4.69) is 17.6 Å². The van der Waals surface area contributed by atoms with Gasteiger partial charge in [-0.05, 0) is 49.2 Å². The zero-order valence-corrected chi connectivity index (χ0v) is 18.1. The second-order valence-corrected chi connectivity index (χ2v) is 8.66. The minimum atomic E-state index is -0.0921. The van der Waals surface area contributed by atoms with E-state index in [0.29, 0.717) is 5.56 Å². The molecular weight excluding hydrogens is 406 g/mol. The molecule has 3 aromatic carbocycles. The van der Waals surface area contributed by atoms with E-state index in [4.69, 9.17) is 9.73 Å². The van der Waals surface area contributed by atoms with Crippen LogP contribution in [0.1, 0.15) is 34.3 Å². The number of ether oxygens (including phenoxy) is 1. The number of para-hydroxylation sites is 1. The fourth-order valence-electron chi connectivity index (χ4n) is 3.97. The van der Waals surface area contributed by atoms with Crippen LogP contribution in [0.5, 0.6) is 5.75 Å². The topological polar surface area (TPSA) is 53.9 Å². The second-order valence-electron chi connectivity index (χ2n) is 7.58. The van der Waals surface area contributed by atoms with Crippen LogP contribution < -0.4 is 10.2 Å². The predicted octanol–water partition coefficient (Wildman–Crippen LogP) is 5.07. The van der Waals surface area contributed by atoms with E-state index in [1.807, 2.05) is 59.6 Å². The number of hydrogen-bond acceptors (Lipinski definition) is 5. The minimum absolute atomic E-state index is 0.0921. The van der Waals surface area contributed by atoms with Crippen molar-refractivity contribution in [3.05, 3.63) is 83.4 Å². The van der Waals surface area contributed by atoms with Gasteiger partial charge < -0.3 is 4.74 Å². The number of benzene rings is 3. The van der Waals surface area contributed by atoms with Crippen molar-refractivity contribution >= 4 is 29.1 Å². The third-order valence-corrected chi connectivity index (χ3v) is 6.68. The van der Waals surface area contributed by atoms with E-state index in [-0.39, 0.29) is 5.91 Å². The van der Waals surface area contributed by atoms with E-state index in [1.165, 1.54) is 0 Å². The average molecular weight is 430 g/mol. The lowest BCUT2D eigenvalue weighted by Gasteiger charge is -2.16. The first-order chi connectivity index (χ1) is 15.2. The highest BCUT2D eigenvalue weighted by Gasteiger charge is 2.22. The van der Waals surface area contributed by atoms with Crippen molar-refractivity contribution in [2.45, 2.75) is 22.6 Å². The lowest BCUT2D eigenvalue weighted by Crippen LogP contribution is -2.39. The number of nitrogens with one attached hydrogen (secondary N) is 1. The summed E-state index contributed by atoms with van der Waals surface area (Å²) < 4.78 is 5.62. The largest absolute Gasteiger partial charge is 0.496 e. The smallest absolute Gasteiger partial charge is 0.265 e. The average Bonchev–Trinajstić information content (AvgIpc) is 3.25. The quantitative estimate of drug-likeness (QED) is 0.492. The van der Waals surface area contributed by atoms with Gasteiger partial charge in [-0.1, -0.05) is 42.1 Å². The molecule has 0 spiro atoms. The Hall–Kier alpha value is -3.09. The number of amides is 1. The maximum Gasteiger partial charge on any atom is 0.265 e. The summed E-state index contributed by atoms with van der Waals surface area (Å²) in [6, 6.07) is 21.9. The van der Waals surface area contributed by atoms with Crippen LogP contribution >= 0.6 is 11.8 Å². The van der Waals surface area contributed by atoms with Gasteiger partial charge in [0, 0.05) is 39.6 Å². The molecule has 3 aromatic rings. The molecule has 2 heterocycles. The van der Waals surface area contributed by atoms with Crippen LogP contribution in [0.15, 0.2) is 81.5 Å². The standard InChI is InChI=1S/C25H23N3O2S/c1-30-21-10-4-2-8-18(21)24-19-9-3-5-11-22(19)31-23-13-12-17(16-20(23)26-24)25(29)27-28-14-6-7-15-28/h2-5,8-13,16H,6-7,14-15H2,1H3,(H,27,29). The molecule has 1 fully saturated rings. The summed E-state index contributed by atoms with van der Waals surface area (Å²) in [6.07, 6.45) is 2.23. The zero-order chi connectivity index (χ0) is 21.2. The molecule has 0 unspecified atom stereocenters. The number of hydrazine groups is 1. The van der Waals surface area contributed by atoms with E-state index in [1.54, 1.807) is 18.9 Å². The molecule has 0 aromatic heterocycles. The van der Waals surface area contributed by atoms with Gasteiger partial charge in [-0.25, -0.2) is 10.0 Å². The highest BCUT2D eigenvalue weighted by molar-refractivity contribution is 7.99. The Labute approximate surface area is 186 Å². The van der Waals surface area contributed by atoms with Gasteiger partial charge in [0.05, 0.1) is 18.5 Å². The highest BCUT2D eigenvalue weighted by Crippen LogP contribution is 2.42. The van der Waals surface area contributed by atoms with Crippen LogP contribution in [0.3, 0.4) is 0 Å². The molecule has 0 radical (unpaired) electrons. The molecule has 5 rings (SSSR count). The molecule has 2 aliphatic heterocycles. The number of carbonyl (C=O) groups is 1. The van der Waals surface area contributed by atoms with Crippen LogP contribution in [0.25, 0.3) is 0 Å². The minimum Gasteiger partial charge on any atom is -0.496 e. The summed E-state index contributed by atoms with van der Waals surface area (Å²) in [6.45, 7) is 1.80. The third-order valence-electron chi connectivity index (χ3n) is 5.54. The number of fused-ring (bicyclic) bond motifs is 2. The Balaban J connectivity index is 1.60. The van der Waals surface area contributed by atoms with Crippen molar-refractivity contribution in [2.75, 3.05) is 20.2 Å². The molecule has 156 valence electrons. The zero-order valence-electron chi connectivity index (χ0n) is 17.3. The molecule has 2 aliphatic rings. The lowest BCUT2D eigenvalue weighted by atomic mass is 10.0. The van der Waals surface area contributed by atoms with Crippen LogP contribution in [0, 0.1) is 0 Å². The molecule has 1 saturated heterocycles. The van der Waals surface area contributed by atoms with Crippen LogP contribution in [-0.2, 0) is 0 Å². The number of nitrogens with zero attached hydrogens (tertiary/aromatic N) is 2. The SMILES string of the molecule is COc1ccccc1C1=Nc2cc(C(=O)NN3CCCC3)ccc2Sc2ccccc21. The fraction of sp³-hybridized carbons (Fsp3) is 0.200. The summed E-state index contributed by atoms with van der Waals surface area (Å²) in [5.41, 5.74) is 7.24. The van der Waals surface area contributed by atoms with Crippen molar-refractivity contribution in [1.29, 1.82) is 0 Å². The lowest BCUT2D eigenvalue weighted by molar-refractivity contribution is 0.0826. The number of methoxy groups -OCH3 is 1. The van der Waals surface area contributed by atoms with Gasteiger partial charge in [0.2, 0.25) is 0 Å². The number of hydrogen-bond donors (Lipinski definition) is 1. The van der Waals surface area contributed by atoms with Gasteiger partial charge in [-0.15, -0.1) is 0 Å². The van der Waals surface area contributed by atoms with E-state index in [9.17, 15) is 4.79 Å². The monoisotopic (exact) mass is 429 g/mol. The number of aliphatic imine (C=N–C) groups is 1.